The Bertz CT molecular complexity index is 3510. The van der Waals surface area contributed by atoms with Gasteiger partial charge in [0, 0.05) is 63.2 Å². The summed E-state index contributed by atoms with van der Waals surface area (Å²) in [5.41, 5.74) is 3.52. The van der Waals surface area contributed by atoms with Crippen molar-refractivity contribution in [2.24, 2.45) is 5.41 Å². The Morgan fingerprint density at radius 2 is 1.66 bits per heavy atom. The van der Waals surface area contributed by atoms with E-state index in [4.69, 9.17) is 35.5 Å². The monoisotopic (exact) mass is 1230 g/mol. The van der Waals surface area contributed by atoms with Crippen molar-refractivity contribution in [3.63, 3.8) is 0 Å². The van der Waals surface area contributed by atoms with Crippen LogP contribution < -0.4 is 20.3 Å². The van der Waals surface area contributed by atoms with E-state index in [1.807, 2.05) is 100 Å². The smallest absolute Gasteiger partial charge is 0.410 e. The number of hydrogen-bond acceptors (Lipinski definition) is 17. The maximum atomic E-state index is 17.4. The summed E-state index contributed by atoms with van der Waals surface area (Å²) in [6.45, 7) is 19.0. The normalized spacial score (nSPS) is 19.0. The highest BCUT2D eigenvalue weighted by molar-refractivity contribution is 7.13. The summed E-state index contributed by atoms with van der Waals surface area (Å²) in [5.74, 6) is -1.86. The van der Waals surface area contributed by atoms with Gasteiger partial charge in [0.25, 0.3) is 0 Å². The van der Waals surface area contributed by atoms with Crippen molar-refractivity contribution in [1.82, 2.24) is 40.3 Å². The highest BCUT2D eigenvalue weighted by atomic mass is 35.5. The fraction of sp³-hybridized carbons (Fsp3) is 0.500. The number of phenolic OH excluding ortho intramolecular Hbond substituents is 1. The van der Waals surface area contributed by atoms with E-state index in [0.717, 1.165) is 21.7 Å². The largest absolute Gasteiger partial charge is 0.508 e. The Morgan fingerprint density at radius 1 is 0.920 bits per heavy atom. The van der Waals surface area contributed by atoms with Gasteiger partial charge in [-0.3, -0.25) is 19.3 Å². The lowest BCUT2D eigenvalue weighted by Gasteiger charge is -2.41. The van der Waals surface area contributed by atoms with E-state index in [1.54, 1.807) is 49.1 Å². The number of nitrogens with one attached hydrogen (secondary N) is 2. The van der Waals surface area contributed by atoms with Gasteiger partial charge in [-0.2, -0.15) is 15.2 Å². The van der Waals surface area contributed by atoms with Crippen LogP contribution in [0.1, 0.15) is 98.4 Å². The molecule has 3 saturated heterocycles. The Hall–Kier alpha value is -7.26. The number of piperazine rings is 1. The third-order valence-electron chi connectivity index (χ3n) is 15.9. The summed E-state index contributed by atoms with van der Waals surface area (Å²) in [6.07, 6.45) is -0.500. The fourth-order valence-corrected chi connectivity index (χ4v) is 12.7. The Kier molecular flexibility index (Phi) is 20.2. The van der Waals surface area contributed by atoms with Crippen molar-refractivity contribution in [2.75, 3.05) is 70.5 Å². The summed E-state index contributed by atoms with van der Waals surface area (Å²) < 4.78 is 41.5. The first kappa shape index (κ1) is 64.2. The minimum atomic E-state index is -1.01. The predicted octanol–water partition coefficient (Wildman–Crippen LogP) is 9.35. The second-order valence-electron chi connectivity index (χ2n) is 24.9. The SMILES string of the molecule is Cc1ncsc1-c1ccc([C@H](C)NC(=O)[C@@H]2C[C@@H](O)CN2C(=O)[C@@H](NC(=O)COCCOC2CCN(C[C@@H](C)Oc3nc(N4CCN(C(=O)OC(C)(C)C)[C@@H](CC#N)C4)c4cc(Cl)c(-c5cc(O)cc6ccccc56)c(F)c4n3)CC2)C(C)(C)C)cc1. The van der Waals surface area contributed by atoms with Crippen LogP contribution in [0.4, 0.5) is 15.0 Å². The number of ether oxygens (including phenoxy) is 4. The number of aryl methyl sites for hydroxylation is 1. The van der Waals surface area contributed by atoms with Gasteiger partial charge in [0.1, 0.15) is 47.5 Å². The van der Waals surface area contributed by atoms with Crippen molar-refractivity contribution >= 4 is 74.2 Å². The number of hydrogen-bond donors (Lipinski definition) is 4. The number of aliphatic hydroxyl groups is 1. The van der Waals surface area contributed by atoms with Gasteiger partial charge in [0.2, 0.25) is 17.7 Å². The molecule has 6 atom stereocenters. The summed E-state index contributed by atoms with van der Waals surface area (Å²) in [5, 5.41) is 39.0. The number of carbonyl (C=O) groups is 4. The van der Waals surface area contributed by atoms with Crippen LogP contribution in [0, 0.1) is 29.5 Å². The first-order valence-corrected chi connectivity index (χ1v) is 30.8. The molecule has 3 fully saturated rings. The summed E-state index contributed by atoms with van der Waals surface area (Å²) in [4.78, 5) is 76.7. The van der Waals surface area contributed by atoms with E-state index >= 15 is 4.39 Å². The van der Waals surface area contributed by atoms with Crippen LogP contribution in [0.25, 0.3) is 43.2 Å². The minimum Gasteiger partial charge on any atom is -0.508 e. The van der Waals surface area contributed by atoms with Gasteiger partial charge >= 0.3 is 12.1 Å². The molecule has 3 aliphatic rings. The molecule has 9 rings (SSSR count). The molecular weight excluding hydrogens is 1160 g/mol. The number of amides is 4. The number of benzene rings is 4. The van der Waals surface area contributed by atoms with E-state index in [1.165, 1.54) is 11.0 Å². The number of aliphatic hydroxyl groups excluding tert-OH is 1. The molecule has 2 aromatic heterocycles. The lowest BCUT2D eigenvalue weighted by Crippen LogP contribution is -2.58. The molecule has 0 spiro atoms. The molecule has 4 aromatic carbocycles. The Morgan fingerprint density at radius 3 is 2.34 bits per heavy atom. The molecule has 23 heteroatoms. The van der Waals surface area contributed by atoms with Gasteiger partial charge in [-0.05, 0) is 105 Å². The molecule has 4 amide bonds. The molecule has 0 aliphatic carbocycles. The van der Waals surface area contributed by atoms with Crippen LogP contribution in [0.15, 0.2) is 72.2 Å². The minimum absolute atomic E-state index is 0.00605. The molecule has 464 valence electrons. The van der Waals surface area contributed by atoms with Crippen molar-refractivity contribution in [2.45, 2.75) is 136 Å². The second-order valence-corrected chi connectivity index (χ2v) is 26.1. The third-order valence-corrected chi connectivity index (χ3v) is 17.2. The first-order valence-electron chi connectivity index (χ1n) is 29.6. The van der Waals surface area contributed by atoms with Crippen LogP contribution in [-0.4, -0.2) is 171 Å². The molecule has 6 aromatic rings. The molecule has 87 heavy (non-hydrogen) atoms. The number of phenols is 1. The van der Waals surface area contributed by atoms with Crippen LogP contribution in [0.2, 0.25) is 5.02 Å². The van der Waals surface area contributed by atoms with Gasteiger partial charge < -0.3 is 54.5 Å². The number of nitriles is 1. The topological polar surface area (TPSA) is 245 Å². The quantitative estimate of drug-likeness (QED) is 0.0552. The number of thiazole rings is 1. The second kappa shape index (κ2) is 27.4. The van der Waals surface area contributed by atoms with Crippen LogP contribution in [-0.2, 0) is 28.6 Å². The number of anilines is 1. The maximum absolute atomic E-state index is 17.4. The third kappa shape index (κ3) is 15.5. The van der Waals surface area contributed by atoms with E-state index in [-0.39, 0.29) is 98.8 Å². The number of β-amino-alcohol motifs (C(OH)–C–C–N with tert-alkyl or cyclic N) is 1. The average Bonchev–Trinajstić information content (AvgIpc) is 1.82. The molecule has 0 saturated carbocycles. The van der Waals surface area contributed by atoms with Crippen LogP contribution >= 0.6 is 22.9 Å². The van der Waals surface area contributed by atoms with Crippen LogP contribution in [0.5, 0.6) is 11.8 Å². The zero-order valence-corrected chi connectivity index (χ0v) is 52.3. The van der Waals surface area contributed by atoms with Crippen molar-refractivity contribution in [3.05, 3.63) is 94.3 Å². The van der Waals surface area contributed by atoms with Gasteiger partial charge in [-0.25, -0.2) is 14.2 Å². The number of rotatable bonds is 19. The van der Waals surface area contributed by atoms with Crippen molar-refractivity contribution in [3.8, 4) is 39.4 Å². The summed E-state index contributed by atoms with van der Waals surface area (Å²) >= 11 is 8.57. The van der Waals surface area contributed by atoms with E-state index in [9.17, 15) is 34.7 Å². The predicted molar refractivity (Wildman–Crippen MR) is 331 cm³/mol. The highest BCUT2D eigenvalue weighted by Gasteiger charge is 2.45. The zero-order valence-electron chi connectivity index (χ0n) is 50.8. The van der Waals surface area contributed by atoms with Crippen molar-refractivity contribution in [1.29, 1.82) is 5.26 Å². The van der Waals surface area contributed by atoms with E-state index in [0.29, 0.717) is 60.0 Å². The summed E-state index contributed by atoms with van der Waals surface area (Å²) in [7, 11) is 0. The number of halogens is 2. The summed E-state index contributed by atoms with van der Waals surface area (Å²) in [6, 6.07) is 19.1. The number of nitrogens with zero attached hydrogens (tertiary/aromatic N) is 8. The fourth-order valence-electron chi connectivity index (χ4n) is 11.6. The zero-order chi connectivity index (χ0) is 62.5. The molecule has 4 N–H and O–H groups in total. The van der Waals surface area contributed by atoms with Crippen LogP contribution in [0.3, 0.4) is 0 Å². The molecular formula is C64H78ClFN10O10S. The maximum Gasteiger partial charge on any atom is 0.410 e. The number of aromatic nitrogens is 3. The van der Waals surface area contributed by atoms with Gasteiger partial charge in [-0.1, -0.05) is 80.9 Å². The number of carbonyl (C=O) groups excluding carboxylic acids is 4. The number of aromatic hydroxyl groups is 1. The number of likely N-dealkylation sites (tertiary alicyclic amines) is 2. The Labute approximate surface area is 515 Å². The lowest BCUT2D eigenvalue weighted by molar-refractivity contribution is -0.144. The number of fused-ring (bicyclic) bond motifs is 2. The molecule has 0 unspecified atom stereocenters. The molecule has 0 bridgehead atoms. The van der Waals surface area contributed by atoms with E-state index in [2.05, 4.69) is 31.6 Å². The first-order chi connectivity index (χ1) is 41.3. The average molecular weight is 1230 g/mol. The molecule has 5 heterocycles. The highest BCUT2D eigenvalue weighted by Crippen LogP contribution is 2.43. The Balaban J connectivity index is 0.779. The molecule has 20 nitrogen and oxygen atoms in total. The van der Waals surface area contributed by atoms with Crippen molar-refractivity contribution < 1.29 is 52.7 Å². The standard InChI is InChI=1S/C64H78ClFN10O10S/c1-37(85-61-71-55-49(31-50(65)53(54(55)66)48-29-44(77)28-42-12-10-11-13-47(42)48)58(72-61)74-24-25-75(43(33-74)18-21-67)62(82)86-64(7,8)9)32-73-22-19-46(20-23-73)84-27-26-83-35-52(79)70-57(63(4,5)6)60(81)76-34-45(78)30-51(76)59(80)69-38(2)40-14-16-41(17-15-40)56-39(3)68-36-87-56/h10-17,28-29,31,36-38,43,45-46,51,57,77-78H,18-20,22-27,30,32-35H2,1-9H3,(H,69,80)(H,70,79)/t37-,38+,43+,45-,51+,57-/m1/s1. The van der Waals surface area contributed by atoms with E-state index < -0.39 is 71.0 Å². The molecule has 0 radical (unpaired) electrons. The number of piperidine rings is 1. The van der Waals surface area contributed by atoms with Gasteiger partial charge in [0.05, 0.1) is 71.1 Å². The van der Waals surface area contributed by atoms with Gasteiger partial charge in [-0.15, -0.1) is 11.3 Å². The van der Waals surface area contributed by atoms with Gasteiger partial charge in [0.15, 0.2) is 5.82 Å². The lowest BCUT2D eigenvalue weighted by atomic mass is 9.85. The molecule has 3 aliphatic heterocycles.